The van der Waals surface area contributed by atoms with Gasteiger partial charge in [0.2, 0.25) is 0 Å². The zero-order chi connectivity index (χ0) is 14.6. The van der Waals surface area contributed by atoms with Crippen LogP contribution >= 0.6 is 11.6 Å². The summed E-state index contributed by atoms with van der Waals surface area (Å²) in [5.41, 5.74) is 0. The van der Waals surface area contributed by atoms with Gasteiger partial charge in [0.05, 0.1) is 10.6 Å². The summed E-state index contributed by atoms with van der Waals surface area (Å²) in [6, 6.07) is 6.09. The van der Waals surface area contributed by atoms with E-state index in [1.54, 1.807) is 29.2 Å². The number of carbonyl (C=O) groups excluding carboxylic acids is 1. The fourth-order valence-corrected chi connectivity index (χ4v) is 2.70. The molecule has 1 aromatic carbocycles. The van der Waals surface area contributed by atoms with Crippen LogP contribution < -0.4 is 0 Å². The molecule has 1 aromatic rings. The SMILES string of the molecule is CC(C)N(C(=O)/N=[SH](=O)/c1ccc(Cl)cc1)C(C)C. The zero-order valence-electron chi connectivity index (χ0n) is 11.5. The van der Waals surface area contributed by atoms with E-state index >= 15 is 0 Å². The summed E-state index contributed by atoms with van der Waals surface area (Å²) in [5, 5.41) is 0.560. The summed E-state index contributed by atoms with van der Waals surface area (Å²) in [5.74, 6) is 0. The molecule has 0 heterocycles. The van der Waals surface area contributed by atoms with Crippen molar-refractivity contribution in [2.75, 3.05) is 0 Å². The molecule has 4 nitrogen and oxygen atoms in total. The number of hydrogen-bond donors (Lipinski definition) is 1. The molecule has 0 saturated heterocycles. The van der Waals surface area contributed by atoms with Gasteiger partial charge in [0.15, 0.2) is 0 Å². The first-order valence-corrected chi connectivity index (χ1v) is 7.68. The molecule has 0 aliphatic carbocycles. The maximum Gasteiger partial charge on any atom is 0.352 e. The minimum atomic E-state index is -2.08. The highest BCUT2D eigenvalue weighted by atomic mass is 35.5. The number of urea groups is 1. The number of benzene rings is 1. The second kappa shape index (κ2) is 6.91. The van der Waals surface area contributed by atoms with Crippen molar-refractivity contribution in [3.8, 4) is 0 Å². The van der Waals surface area contributed by atoms with E-state index in [-0.39, 0.29) is 12.1 Å². The van der Waals surface area contributed by atoms with Crippen molar-refractivity contribution in [2.24, 2.45) is 4.36 Å². The largest absolute Gasteiger partial charge is 0.352 e. The fourth-order valence-electron chi connectivity index (χ4n) is 1.79. The van der Waals surface area contributed by atoms with Gasteiger partial charge in [-0.25, -0.2) is 9.00 Å². The first-order valence-electron chi connectivity index (χ1n) is 6.09. The van der Waals surface area contributed by atoms with Crippen LogP contribution in [0.5, 0.6) is 0 Å². The Kier molecular flexibility index (Phi) is 5.82. The third-order valence-corrected chi connectivity index (χ3v) is 3.90. The van der Waals surface area contributed by atoms with Gasteiger partial charge in [-0.05, 0) is 52.0 Å². The van der Waals surface area contributed by atoms with Crippen molar-refractivity contribution in [1.29, 1.82) is 0 Å². The molecule has 0 bridgehead atoms. The van der Waals surface area contributed by atoms with Crippen LogP contribution in [0.3, 0.4) is 0 Å². The molecule has 0 saturated carbocycles. The lowest BCUT2D eigenvalue weighted by Gasteiger charge is -2.28. The first kappa shape index (κ1) is 16.0. The first-order chi connectivity index (χ1) is 8.82. The van der Waals surface area contributed by atoms with Gasteiger partial charge >= 0.3 is 6.03 Å². The molecule has 0 spiro atoms. The van der Waals surface area contributed by atoms with E-state index in [9.17, 15) is 9.00 Å². The van der Waals surface area contributed by atoms with Crippen molar-refractivity contribution in [1.82, 2.24) is 4.90 Å². The predicted molar refractivity (Wildman–Crippen MR) is 79.2 cm³/mol. The van der Waals surface area contributed by atoms with E-state index in [2.05, 4.69) is 4.36 Å². The molecule has 0 fully saturated rings. The topological polar surface area (TPSA) is 49.7 Å². The molecule has 0 aliphatic heterocycles. The molecule has 106 valence electrons. The molecular weight excluding hydrogens is 284 g/mol. The molecule has 0 radical (unpaired) electrons. The number of thiol groups is 1. The Balaban J connectivity index is 2.98. The third kappa shape index (κ3) is 4.51. The quantitative estimate of drug-likeness (QED) is 0.867. The Bertz CT molecular complexity index is 512. The second-order valence-electron chi connectivity index (χ2n) is 4.73. The standard InChI is InChI=1S/C13H19ClN2O2S/c1-9(2)16(10(3)4)13(17)15-19(18)12-7-5-11(14)6-8-12/h5-10,19H,1-4H3. The molecule has 0 aliphatic rings. The molecule has 0 N–H and O–H groups in total. The molecular formula is C13H19ClN2O2S. The van der Waals surface area contributed by atoms with Crippen molar-refractivity contribution in [3.63, 3.8) is 0 Å². The number of amides is 2. The van der Waals surface area contributed by atoms with Gasteiger partial charge in [-0.15, -0.1) is 4.36 Å². The molecule has 2 amide bonds. The highest BCUT2D eigenvalue weighted by Crippen LogP contribution is 2.12. The van der Waals surface area contributed by atoms with Crippen molar-refractivity contribution < 1.29 is 9.00 Å². The monoisotopic (exact) mass is 302 g/mol. The highest BCUT2D eigenvalue weighted by molar-refractivity contribution is 7.75. The number of nitrogens with zero attached hydrogens (tertiary/aromatic N) is 2. The van der Waals surface area contributed by atoms with E-state index in [4.69, 9.17) is 11.6 Å². The third-order valence-electron chi connectivity index (χ3n) is 2.56. The van der Waals surface area contributed by atoms with Crippen LogP contribution in [0.15, 0.2) is 33.5 Å². The minimum absolute atomic E-state index is 0.0184. The number of halogens is 1. The van der Waals surface area contributed by atoms with Gasteiger partial charge in [-0.1, -0.05) is 11.6 Å². The predicted octanol–water partition coefficient (Wildman–Crippen LogP) is 3.60. The maximum absolute atomic E-state index is 12.0. The average molecular weight is 303 g/mol. The van der Waals surface area contributed by atoms with Crippen LogP contribution in [0.25, 0.3) is 0 Å². The second-order valence-corrected chi connectivity index (χ2v) is 6.43. The molecule has 1 unspecified atom stereocenters. The van der Waals surface area contributed by atoms with E-state index in [1.807, 2.05) is 27.7 Å². The van der Waals surface area contributed by atoms with E-state index in [0.29, 0.717) is 9.92 Å². The Labute approximate surface area is 121 Å². The summed E-state index contributed by atoms with van der Waals surface area (Å²) in [6.45, 7) is 7.62. The fraction of sp³-hybridized carbons (Fsp3) is 0.462. The highest BCUT2D eigenvalue weighted by Gasteiger charge is 2.19. The van der Waals surface area contributed by atoms with Gasteiger partial charge in [0, 0.05) is 22.0 Å². The summed E-state index contributed by atoms with van der Waals surface area (Å²) < 4.78 is 15.8. The van der Waals surface area contributed by atoms with Crippen molar-refractivity contribution in [2.45, 2.75) is 44.7 Å². The Morgan fingerprint density at radius 2 is 1.63 bits per heavy atom. The van der Waals surface area contributed by atoms with Gasteiger partial charge in [0.1, 0.15) is 0 Å². The average Bonchev–Trinajstić information content (AvgIpc) is 2.28. The van der Waals surface area contributed by atoms with E-state index in [1.165, 1.54) is 0 Å². The maximum atomic E-state index is 12.0. The summed E-state index contributed by atoms with van der Waals surface area (Å²) in [7, 11) is -2.08. The normalized spacial score (nSPS) is 13.0. The number of carbonyl (C=O) groups is 1. The van der Waals surface area contributed by atoms with Crippen LogP contribution in [-0.2, 0) is 10.6 Å². The van der Waals surface area contributed by atoms with Crippen LogP contribution in [0.1, 0.15) is 27.7 Å². The van der Waals surface area contributed by atoms with Gasteiger partial charge in [-0.3, -0.25) is 0 Å². The Morgan fingerprint density at radius 1 is 1.16 bits per heavy atom. The lowest BCUT2D eigenvalue weighted by atomic mass is 10.2. The van der Waals surface area contributed by atoms with Gasteiger partial charge < -0.3 is 4.90 Å². The van der Waals surface area contributed by atoms with E-state index in [0.717, 1.165) is 0 Å². The summed E-state index contributed by atoms with van der Waals surface area (Å²) in [4.78, 5) is 14.1. The molecule has 1 rings (SSSR count). The minimum Gasteiger partial charge on any atom is -0.318 e. The van der Waals surface area contributed by atoms with Crippen LogP contribution in [0, 0.1) is 0 Å². The number of hydrogen-bond acceptors (Lipinski definition) is 2. The lowest BCUT2D eigenvalue weighted by Crippen LogP contribution is -2.40. The van der Waals surface area contributed by atoms with E-state index < -0.39 is 16.6 Å². The van der Waals surface area contributed by atoms with Crippen molar-refractivity contribution in [3.05, 3.63) is 29.3 Å². The van der Waals surface area contributed by atoms with Gasteiger partial charge in [-0.2, -0.15) is 0 Å². The van der Waals surface area contributed by atoms with Crippen LogP contribution in [0.4, 0.5) is 4.79 Å². The molecule has 1 atom stereocenters. The van der Waals surface area contributed by atoms with Crippen LogP contribution in [0.2, 0.25) is 5.02 Å². The van der Waals surface area contributed by atoms with Crippen molar-refractivity contribution >= 4 is 28.2 Å². The molecule has 6 heteroatoms. The summed E-state index contributed by atoms with van der Waals surface area (Å²) in [6.07, 6.45) is 0. The Hall–Kier alpha value is -1.07. The molecule has 0 aromatic heterocycles. The summed E-state index contributed by atoms with van der Waals surface area (Å²) >= 11 is 5.76. The van der Waals surface area contributed by atoms with Gasteiger partial charge in [0.25, 0.3) is 0 Å². The number of rotatable bonds is 3. The lowest BCUT2D eigenvalue weighted by molar-refractivity contribution is 0.175. The Morgan fingerprint density at radius 3 is 2.05 bits per heavy atom. The van der Waals surface area contributed by atoms with Crippen LogP contribution in [-0.4, -0.2) is 27.2 Å². The molecule has 19 heavy (non-hydrogen) atoms. The smallest absolute Gasteiger partial charge is 0.318 e. The zero-order valence-corrected chi connectivity index (χ0v) is 13.2.